The number of carbonyl (C=O) groups excluding carboxylic acids is 1. The Labute approximate surface area is 174 Å². The highest BCUT2D eigenvalue weighted by molar-refractivity contribution is 7.18. The van der Waals surface area contributed by atoms with Crippen molar-refractivity contribution >= 4 is 39.1 Å². The van der Waals surface area contributed by atoms with Gasteiger partial charge in [0.25, 0.3) is 5.56 Å². The number of H-pyrrole nitrogens is 1. The summed E-state index contributed by atoms with van der Waals surface area (Å²) in [5.74, 6) is 0.909. The molecule has 29 heavy (non-hydrogen) atoms. The lowest BCUT2D eigenvalue weighted by atomic mass is 10.1. The molecule has 7 nitrogen and oxygen atoms in total. The number of aryl methyl sites for hydroxylation is 2. The molecule has 1 aliphatic carbocycles. The van der Waals surface area contributed by atoms with Gasteiger partial charge in [0.15, 0.2) is 11.5 Å². The quantitative estimate of drug-likeness (QED) is 0.637. The van der Waals surface area contributed by atoms with E-state index < -0.39 is 5.97 Å². The Morgan fingerprint density at radius 2 is 2.14 bits per heavy atom. The van der Waals surface area contributed by atoms with Gasteiger partial charge < -0.3 is 19.2 Å². The van der Waals surface area contributed by atoms with Crippen LogP contribution in [0.4, 0.5) is 0 Å². The van der Waals surface area contributed by atoms with E-state index in [4.69, 9.17) is 25.8 Å². The fourth-order valence-electron chi connectivity index (χ4n) is 3.75. The van der Waals surface area contributed by atoms with Gasteiger partial charge in [0.05, 0.1) is 16.8 Å². The molecule has 0 spiro atoms. The van der Waals surface area contributed by atoms with Crippen molar-refractivity contribution in [2.24, 2.45) is 0 Å². The lowest BCUT2D eigenvalue weighted by molar-refractivity contribution is -0.144. The largest absolute Gasteiger partial charge is 0.486 e. The van der Waals surface area contributed by atoms with Gasteiger partial charge in [0.2, 0.25) is 0 Å². The number of esters is 1. The monoisotopic (exact) mass is 432 g/mol. The minimum absolute atomic E-state index is 0.0239. The molecule has 5 rings (SSSR count). The number of nitrogens with zero attached hydrogens (tertiary/aromatic N) is 1. The lowest BCUT2D eigenvalue weighted by Gasteiger charge is -2.20. The maximum atomic E-state index is 12.5. The summed E-state index contributed by atoms with van der Waals surface area (Å²) in [5, 5.41) is 1.08. The number of nitrogens with one attached hydrogen (secondary N) is 1. The first-order chi connectivity index (χ1) is 14.1. The van der Waals surface area contributed by atoms with E-state index in [0.717, 1.165) is 24.8 Å². The molecule has 1 aromatic carbocycles. The first-order valence-electron chi connectivity index (χ1n) is 9.35. The van der Waals surface area contributed by atoms with Crippen molar-refractivity contribution < 1.29 is 19.0 Å². The van der Waals surface area contributed by atoms with Crippen molar-refractivity contribution in [2.75, 3.05) is 13.2 Å². The third-order valence-corrected chi connectivity index (χ3v) is 6.47. The fraction of sp³-hybridized carbons (Fsp3) is 0.350. The van der Waals surface area contributed by atoms with Crippen LogP contribution in [0.3, 0.4) is 0 Å². The Balaban J connectivity index is 1.29. The van der Waals surface area contributed by atoms with Gasteiger partial charge >= 0.3 is 5.97 Å². The van der Waals surface area contributed by atoms with Crippen molar-refractivity contribution in [3.63, 3.8) is 0 Å². The van der Waals surface area contributed by atoms with Gasteiger partial charge in [0, 0.05) is 4.88 Å². The van der Waals surface area contributed by atoms with Crippen LogP contribution in [0.1, 0.15) is 28.2 Å². The molecule has 3 aromatic rings. The highest BCUT2D eigenvalue weighted by Crippen LogP contribution is 2.38. The molecule has 1 N–H and O–H groups in total. The third kappa shape index (κ3) is 3.47. The zero-order valence-electron chi connectivity index (χ0n) is 15.4. The van der Waals surface area contributed by atoms with Crippen molar-refractivity contribution in [1.29, 1.82) is 0 Å². The van der Waals surface area contributed by atoms with Crippen molar-refractivity contribution in [3.05, 3.63) is 49.3 Å². The average Bonchev–Trinajstić information content (AvgIpc) is 3.27. The standard InChI is InChI=1S/C20H17ClN2O5S/c21-12-6-10(7-13-18(12)27-5-4-26-13)8-16(24)28-9-15-22-19(25)17-11-2-1-3-14(11)29-20(17)23-15/h6-7H,1-5,8-9H2,(H,22,23,25). The first kappa shape index (κ1) is 18.4. The predicted octanol–water partition coefficient (Wildman–Crippen LogP) is 3.18. The number of ether oxygens (including phenoxy) is 3. The summed E-state index contributed by atoms with van der Waals surface area (Å²) in [4.78, 5) is 33.9. The number of hydrogen-bond donors (Lipinski definition) is 1. The number of halogens is 1. The third-order valence-electron chi connectivity index (χ3n) is 5.00. The van der Waals surface area contributed by atoms with E-state index in [2.05, 4.69) is 9.97 Å². The molecule has 0 bridgehead atoms. The fourth-order valence-corrected chi connectivity index (χ4v) is 5.32. The van der Waals surface area contributed by atoms with Gasteiger partial charge in [-0.15, -0.1) is 11.3 Å². The topological polar surface area (TPSA) is 90.5 Å². The summed E-state index contributed by atoms with van der Waals surface area (Å²) in [7, 11) is 0. The van der Waals surface area contributed by atoms with E-state index in [1.807, 2.05) is 0 Å². The molecular weight excluding hydrogens is 416 g/mol. The predicted molar refractivity (Wildman–Crippen MR) is 108 cm³/mol. The van der Waals surface area contributed by atoms with Gasteiger partial charge in [-0.3, -0.25) is 9.59 Å². The van der Waals surface area contributed by atoms with E-state index >= 15 is 0 Å². The number of fused-ring (bicyclic) bond motifs is 4. The van der Waals surface area contributed by atoms with Crippen LogP contribution in [-0.4, -0.2) is 29.2 Å². The van der Waals surface area contributed by atoms with Crippen molar-refractivity contribution in [1.82, 2.24) is 9.97 Å². The normalized spacial score (nSPS) is 14.8. The lowest BCUT2D eigenvalue weighted by Crippen LogP contribution is -2.17. The van der Waals surface area contributed by atoms with Crippen LogP contribution in [0.2, 0.25) is 5.02 Å². The Hall–Kier alpha value is -2.58. The molecule has 2 aromatic heterocycles. The van der Waals surface area contributed by atoms with Gasteiger partial charge in [-0.25, -0.2) is 4.98 Å². The minimum Gasteiger partial charge on any atom is -0.486 e. The highest BCUT2D eigenvalue weighted by Gasteiger charge is 2.22. The molecule has 0 unspecified atom stereocenters. The Kier molecular flexibility index (Phi) is 4.67. The Morgan fingerprint density at radius 3 is 3.03 bits per heavy atom. The number of carbonyl (C=O) groups is 1. The van der Waals surface area contributed by atoms with E-state index in [-0.39, 0.29) is 18.6 Å². The summed E-state index contributed by atoms with van der Waals surface area (Å²) in [6, 6.07) is 3.39. The molecular formula is C20H17ClN2O5S. The van der Waals surface area contributed by atoms with Crippen LogP contribution >= 0.6 is 22.9 Å². The minimum atomic E-state index is -0.450. The molecule has 0 atom stereocenters. The summed E-state index contributed by atoms with van der Waals surface area (Å²) >= 11 is 7.76. The molecule has 0 amide bonds. The summed E-state index contributed by atoms with van der Waals surface area (Å²) in [5.41, 5.74) is 1.62. The van der Waals surface area contributed by atoms with Crippen LogP contribution in [-0.2, 0) is 35.4 Å². The zero-order valence-corrected chi connectivity index (χ0v) is 17.0. The number of aromatic nitrogens is 2. The Morgan fingerprint density at radius 1 is 1.28 bits per heavy atom. The molecule has 150 valence electrons. The molecule has 9 heteroatoms. The maximum Gasteiger partial charge on any atom is 0.310 e. The van der Waals surface area contributed by atoms with Crippen LogP contribution in [0, 0.1) is 0 Å². The van der Waals surface area contributed by atoms with Gasteiger partial charge in [-0.05, 0) is 42.5 Å². The van der Waals surface area contributed by atoms with E-state index in [1.165, 1.54) is 4.88 Å². The molecule has 0 radical (unpaired) electrons. The van der Waals surface area contributed by atoms with E-state index in [9.17, 15) is 9.59 Å². The van der Waals surface area contributed by atoms with Crippen molar-refractivity contribution in [2.45, 2.75) is 32.3 Å². The smallest absolute Gasteiger partial charge is 0.310 e. The molecule has 2 aliphatic rings. The van der Waals surface area contributed by atoms with Crippen LogP contribution in [0.15, 0.2) is 16.9 Å². The summed E-state index contributed by atoms with van der Waals surface area (Å²) in [6.45, 7) is 0.784. The zero-order chi connectivity index (χ0) is 20.0. The highest BCUT2D eigenvalue weighted by atomic mass is 35.5. The SMILES string of the molecule is O=C(Cc1cc(Cl)c2c(c1)OCCO2)OCc1nc2sc3c(c2c(=O)[nH]1)CCC3. The van der Waals surface area contributed by atoms with Crippen LogP contribution in [0.25, 0.3) is 10.2 Å². The van der Waals surface area contributed by atoms with Crippen molar-refractivity contribution in [3.8, 4) is 11.5 Å². The number of aromatic amines is 1. The number of rotatable bonds is 4. The second kappa shape index (κ2) is 7.35. The number of thiophene rings is 1. The van der Waals surface area contributed by atoms with Gasteiger partial charge in [-0.1, -0.05) is 11.6 Å². The van der Waals surface area contributed by atoms with Gasteiger partial charge in [0.1, 0.15) is 30.5 Å². The molecule has 0 fully saturated rings. The molecule has 3 heterocycles. The molecule has 1 aliphatic heterocycles. The summed E-state index contributed by atoms with van der Waals surface area (Å²) < 4.78 is 16.3. The first-order valence-corrected chi connectivity index (χ1v) is 10.5. The number of hydrogen-bond acceptors (Lipinski definition) is 7. The number of benzene rings is 1. The van der Waals surface area contributed by atoms with Crippen LogP contribution < -0.4 is 15.0 Å². The summed E-state index contributed by atoms with van der Waals surface area (Å²) in [6.07, 6.45) is 3.03. The van der Waals surface area contributed by atoms with E-state index in [0.29, 0.717) is 51.3 Å². The second-order valence-corrected chi connectivity index (χ2v) is 8.48. The van der Waals surface area contributed by atoms with Crippen LogP contribution in [0.5, 0.6) is 11.5 Å². The van der Waals surface area contributed by atoms with Gasteiger partial charge in [-0.2, -0.15) is 0 Å². The molecule has 0 saturated carbocycles. The second-order valence-electron chi connectivity index (χ2n) is 6.99. The Bertz CT molecular complexity index is 1190. The molecule has 0 saturated heterocycles. The average molecular weight is 433 g/mol. The van der Waals surface area contributed by atoms with E-state index in [1.54, 1.807) is 23.5 Å². The maximum absolute atomic E-state index is 12.5.